The molecule has 214 valence electrons. The predicted octanol–water partition coefficient (Wildman–Crippen LogP) is 5.29. The van der Waals surface area contributed by atoms with Crippen LogP contribution in [0.1, 0.15) is 38.8 Å². The van der Waals surface area contributed by atoms with Gasteiger partial charge in [-0.1, -0.05) is 45.8 Å². The average Bonchev–Trinajstić information content (AvgIpc) is 2.90. The molecule has 0 aliphatic carbocycles. The van der Waals surface area contributed by atoms with E-state index in [1.165, 1.54) is 24.1 Å². The molecule has 8 nitrogen and oxygen atoms in total. The number of carbonyl (C=O) groups excluding carboxylic acids is 2. The first-order valence-electron chi connectivity index (χ1n) is 12.8. The van der Waals surface area contributed by atoms with Crippen LogP contribution in [-0.2, 0) is 26.2 Å². The second-order valence-electron chi connectivity index (χ2n) is 10.6. The maximum atomic E-state index is 14.0. The third-order valence-corrected chi connectivity index (χ3v) is 8.50. The smallest absolute Gasteiger partial charge is 0.264 e. The summed E-state index contributed by atoms with van der Waals surface area (Å²) in [5.41, 5.74) is 1.57. The normalized spacial score (nSPS) is 12.4. The van der Waals surface area contributed by atoms with Crippen LogP contribution < -0.4 is 14.4 Å². The number of methoxy groups -OCH3 is 1. The van der Waals surface area contributed by atoms with Crippen LogP contribution in [-0.4, -0.2) is 50.4 Å². The van der Waals surface area contributed by atoms with Gasteiger partial charge in [-0.3, -0.25) is 13.9 Å². The second-order valence-corrected chi connectivity index (χ2v) is 13.4. The summed E-state index contributed by atoms with van der Waals surface area (Å²) in [6, 6.07) is 19.4. The van der Waals surface area contributed by atoms with Gasteiger partial charge in [0, 0.05) is 16.6 Å². The highest BCUT2D eigenvalue weighted by molar-refractivity contribution is 9.10. The molecule has 0 spiro atoms. The monoisotopic (exact) mass is 629 g/mol. The molecule has 0 aromatic heterocycles. The van der Waals surface area contributed by atoms with E-state index in [0.29, 0.717) is 11.4 Å². The highest BCUT2D eigenvalue weighted by Crippen LogP contribution is 2.26. The number of nitrogens with zero attached hydrogens (tertiary/aromatic N) is 2. The average molecular weight is 631 g/mol. The summed E-state index contributed by atoms with van der Waals surface area (Å²) < 4.78 is 34.9. The van der Waals surface area contributed by atoms with Crippen molar-refractivity contribution in [2.45, 2.75) is 57.6 Å². The Morgan fingerprint density at radius 2 is 1.52 bits per heavy atom. The van der Waals surface area contributed by atoms with Crippen molar-refractivity contribution in [3.05, 3.63) is 88.4 Å². The van der Waals surface area contributed by atoms with Gasteiger partial charge < -0.3 is 15.0 Å². The van der Waals surface area contributed by atoms with Crippen LogP contribution in [0.25, 0.3) is 0 Å². The lowest BCUT2D eigenvalue weighted by Gasteiger charge is -2.33. The number of hydrogen-bond donors (Lipinski definition) is 1. The Morgan fingerprint density at radius 1 is 0.950 bits per heavy atom. The van der Waals surface area contributed by atoms with E-state index < -0.39 is 34.1 Å². The van der Waals surface area contributed by atoms with Crippen molar-refractivity contribution in [1.82, 2.24) is 10.2 Å². The zero-order valence-electron chi connectivity index (χ0n) is 23.6. The Balaban J connectivity index is 2.03. The summed E-state index contributed by atoms with van der Waals surface area (Å²) in [7, 11) is -2.65. The summed E-state index contributed by atoms with van der Waals surface area (Å²) in [5.74, 6) is -0.341. The largest absolute Gasteiger partial charge is 0.497 e. The first-order chi connectivity index (χ1) is 18.7. The molecular formula is C30H36BrN3O5S. The molecule has 0 saturated carbocycles. The summed E-state index contributed by atoms with van der Waals surface area (Å²) in [5, 5.41) is 2.92. The molecule has 1 unspecified atom stereocenters. The number of aryl methyl sites for hydroxylation is 1. The van der Waals surface area contributed by atoms with Crippen LogP contribution in [0.15, 0.2) is 82.2 Å². The maximum absolute atomic E-state index is 14.0. The highest BCUT2D eigenvalue weighted by Gasteiger charge is 2.33. The lowest BCUT2D eigenvalue weighted by Crippen LogP contribution is -2.54. The Morgan fingerprint density at radius 3 is 2.05 bits per heavy atom. The molecular weight excluding hydrogens is 594 g/mol. The van der Waals surface area contributed by atoms with Gasteiger partial charge in [0.2, 0.25) is 11.8 Å². The van der Waals surface area contributed by atoms with E-state index in [4.69, 9.17) is 4.74 Å². The topological polar surface area (TPSA) is 96.0 Å². The number of halogens is 1. The number of rotatable bonds is 10. The van der Waals surface area contributed by atoms with Gasteiger partial charge in [0.1, 0.15) is 18.3 Å². The van der Waals surface area contributed by atoms with Gasteiger partial charge in [-0.15, -0.1) is 0 Å². The van der Waals surface area contributed by atoms with Crippen molar-refractivity contribution in [1.29, 1.82) is 0 Å². The second kappa shape index (κ2) is 12.9. The SMILES string of the molecule is COc1ccc(S(=O)(=O)N(CC(=O)N(Cc2ccc(Br)cc2)C(C)C(=O)NC(C)(C)C)c2ccc(C)cc2)cc1. The van der Waals surface area contributed by atoms with Gasteiger partial charge in [0.25, 0.3) is 10.0 Å². The van der Waals surface area contributed by atoms with E-state index in [2.05, 4.69) is 21.2 Å². The minimum atomic E-state index is -4.15. The minimum absolute atomic E-state index is 0.0136. The van der Waals surface area contributed by atoms with Gasteiger partial charge >= 0.3 is 0 Å². The number of anilines is 1. The molecule has 3 aromatic carbocycles. The van der Waals surface area contributed by atoms with Gasteiger partial charge in [0.15, 0.2) is 0 Å². The molecule has 0 saturated heterocycles. The van der Waals surface area contributed by atoms with E-state index in [-0.39, 0.29) is 17.3 Å². The molecule has 2 amide bonds. The standard InChI is InChI=1S/C30H36BrN3O5S/c1-21-7-13-25(14-8-21)34(40(37,38)27-17-15-26(39-6)16-18-27)20-28(35)33(19-23-9-11-24(31)12-10-23)22(2)29(36)32-30(3,4)5/h7-18,22H,19-20H2,1-6H3,(H,32,36). The Kier molecular flexibility index (Phi) is 10.0. The Bertz CT molecular complexity index is 1420. The Hall–Kier alpha value is -3.37. The van der Waals surface area contributed by atoms with Crippen molar-refractivity contribution in [3.63, 3.8) is 0 Å². The predicted molar refractivity (Wildman–Crippen MR) is 161 cm³/mol. The molecule has 0 aliphatic heterocycles. The minimum Gasteiger partial charge on any atom is -0.497 e. The summed E-state index contributed by atoms with van der Waals surface area (Å²) in [6.07, 6.45) is 0. The lowest BCUT2D eigenvalue weighted by atomic mass is 10.1. The molecule has 1 N–H and O–H groups in total. The summed E-state index contributed by atoms with van der Waals surface area (Å²) in [4.78, 5) is 28.6. The number of hydrogen-bond acceptors (Lipinski definition) is 5. The molecule has 1 atom stereocenters. The number of sulfonamides is 1. The third kappa shape index (κ3) is 8.08. The van der Waals surface area contributed by atoms with E-state index >= 15 is 0 Å². The van der Waals surface area contributed by atoms with Crippen molar-refractivity contribution in [2.24, 2.45) is 0 Å². The van der Waals surface area contributed by atoms with Crippen LogP contribution in [0.5, 0.6) is 5.75 Å². The van der Waals surface area contributed by atoms with Crippen LogP contribution in [0.2, 0.25) is 0 Å². The summed E-state index contributed by atoms with van der Waals surface area (Å²) >= 11 is 3.42. The number of benzene rings is 3. The van der Waals surface area contributed by atoms with Crippen LogP contribution in [0.4, 0.5) is 5.69 Å². The first-order valence-corrected chi connectivity index (χ1v) is 15.0. The Labute approximate surface area is 245 Å². The molecule has 3 aromatic rings. The van der Waals surface area contributed by atoms with Crippen molar-refractivity contribution >= 4 is 43.5 Å². The lowest BCUT2D eigenvalue weighted by molar-refractivity contribution is -0.140. The molecule has 0 aliphatic rings. The van der Waals surface area contributed by atoms with Crippen LogP contribution in [0.3, 0.4) is 0 Å². The zero-order valence-corrected chi connectivity index (χ0v) is 26.0. The first kappa shape index (κ1) is 31.2. The van der Waals surface area contributed by atoms with Crippen LogP contribution in [0, 0.1) is 6.92 Å². The van der Waals surface area contributed by atoms with E-state index in [9.17, 15) is 18.0 Å². The number of carbonyl (C=O) groups is 2. The highest BCUT2D eigenvalue weighted by atomic mass is 79.9. The number of ether oxygens (including phenoxy) is 1. The van der Waals surface area contributed by atoms with Crippen LogP contribution >= 0.6 is 15.9 Å². The third-order valence-electron chi connectivity index (χ3n) is 6.18. The molecule has 0 fully saturated rings. The fraction of sp³-hybridized carbons (Fsp3) is 0.333. The molecule has 3 rings (SSSR count). The molecule has 0 radical (unpaired) electrons. The van der Waals surface area contributed by atoms with Crippen molar-refractivity contribution in [2.75, 3.05) is 18.0 Å². The van der Waals surface area contributed by atoms with E-state index in [1.807, 2.05) is 52.0 Å². The fourth-order valence-electron chi connectivity index (χ4n) is 3.96. The molecule has 0 bridgehead atoms. The van der Waals surface area contributed by atoms with Gasteiger partial charge in [-0.25, -0.2) is 8.42 Å². The van der Waals surface area contributed by atoms with Crippen molar-refractivity contribution in [3.8, 4) is 5.75 Å². The number of nitrogens with one attached hydrogen (secondary N) is 1. The van der Waals surface area contributed by atoms with E-state index in [0.717, 1.165) is 19.9 Å². The number of amides is 2. The van der Waals surface area contributed by atoms with E-state index in [1.54, 1.807) is 43.3 Å². The molecule has 0 heterocycles. The fourth-order valence-corrected chi connectivity index (χ4v) is 5.64. The quantitative estimate of drug-likeness (QED) is 0.329. The maximum Gasteiger partial charge on any atom is 0.264 e. The van der Waals surface area contributed by atoms with Gasteiger partial charge in [-0.2, -0.15) is 0 Å². The van der Waals surface area contributed by atoms with Gasteiger partial charge in [-0.05, 0) is 88.7 Å². The molecule has 40 heavy (non-hydrogen) atoms. The van der Waals surface area contributed by atoms with Gasteiger partial charge in [0.05, 0.1) is 17.7 Å². The zero-order chi connectivity index (χ0) is 29.7. The summed E-state index contributed by atoms with van der Waals surface area (Å²) in [6.45, 7) is 8.74. The van der Waals surface area contributed by atoms with Crippen molar-refractivity contribution < 1.29 is 22.7 Å². The molecule has 10 heteroatoms.